The molecule has 1 aromatic carbocycles. The number of benzene rings is 1. The maximum Gasteiger partial charge on any atom is 0.338 e. The summed E-state index contributed by atoms with van der Waals surface area (Å²) in [5, 5.41) is 9.65. The number of aliphatic hydroxyl groups excluding tert-OH is 1. The highest BCUT2D eigenvalue weighted by Crippen LogP contribution is 2.23. The molecule has 110 valence electrons. The summed E-state index contributed by atoms with van der Waals surface area (Å²) in [5.74, 6) is -0.328. The number of aliphatic hydroxyl groups is 1. The summed E-state index contributed by atoms with van der Waals surface area (Å²) < 4.78 is 10.7. The smallest absolute Gasteiger partial charge is 0.338 e. The lowest BCUT2D eigenvalue weighted by Gasteiger charge is -2.26. The Morgan fingerprint density at radius 2 is 2.20 bits per heavy atom. The first kappa shape index (κ1) is 15.0. The molecule has 0 heterocycles. The molecule has 20 heavy (non-hydrogen) atoms. The molecule has 2 atom stereocenters. The number of aryl methyl sites for hydroxylation is 1. The quantitative estimate of drug-likeness (QED) is 0.860. The summed E-state index contributed by atoms with van der Waals surface area (Å²) in [5.41, 5.74) is 2.32. The molecular weight excluding hydrogens is 256 g/mol. The van der Waals surface area contributed by atoms with Gasteiger partial charge in [-0.1, -0.05) is 18.2 Å². The van der Waals surface area contributed by atoms with Crippen molar-refractivity contribution in [1.82, 2.24) is 0 Å². The molecule has 2 rings (SSSR count). The lowest BCUT2D eigenvalue weighted by Crippen LogP contribution is -2.26. The normalized spacial score (nSPS) is 22.6. The number of ether oxygens (including phenoxy) is 2. The highest BCUT2D eigenvalue weighted by molar-refractivity contribution is 5.92. The van der Waals surface area contributed by atoms with Gasteiger partial charge in [-0.2, -0.15) is 0 Å². The number of carbonyl (C=O) groups is 1. The van der Waals surface area contributed by atoms with Gasteiger partial charge in [0.1, 0.15) is 0 Å². The predicted molar refractivity (Wildman–Crippen MR) is 75.6 cm³/mol. The number of esters is 1. The van der Waals surface area contributed by atoms with Crippen molar-refractivity contribution in [2.24, 2.45) is 0 Å². The van der Waals surface area contributed by atoms with E-state index in [4.69, 9.17) is 9.47 Å². The molecule has 0 bridgehead atoms. The van der Waals surface area contributed by atoms with Crippen molar-refractivity contribution < 1.29 is 19.4 Å². The van der Waals surface area contributed by atoms with Gasteiger partial charge in [0.15, 0.2) is 0 Å². The van der Waals surface area contributed by atoms with Crippen LogP contribution in [0.4, 0.5) is 0 Å². The summed E-state index contributed by atoms with van der Waals surface area (Å²) in [7, 11) is 1.39. The van der Waals surface area contributed by atoms with Crippen molar-refractivity contribution in [1.29, 1.82) is 0 Å². The van der Waals surface area contributed by atoms with E-state index in [1.54, 1.807) is 0 Å². The molecule has 0 amide bonds. The zero-order valence-electron chi connectivity index (χ0n) is 12.1. The van der Waals surface area contributed by atoms with Gasteiger partial charge in [0, 0.05) is 0 Å². The van der Waals surface area contributed by atoms with Gasteiger partial charge in [0.2, 0.25) is 0 Å². The second kappa shape index (κ2) is 6.86. The molecule has 1 aromatic rings. The highest BCUT2D eigenvalue weighted by atomic mass is 16.5. The molecule has 1 saturated carbocycles. The molecule has 0 aliphatic heterocycles. The van der Waals surface area contributed by atoms with E-state index < -0.39 is 0 Å². The van der Waals surface area contributed by atoms with Crippen LogP contribution in [0.1, 0.15) is 47.2 Å². The van der Waals surface area contributed by atoms with Crippen molar-refractivity contribution in [3.8, 4) is 0 Å². The highest BCUT2D eigenvalue weighted by Gasteiger charge is 2.22. The lowest BCUT2D eigenvalue weighted by atomic mass is 9.95. The molecule has 0 radical (unpaired) electrons. The Bertz CT molecular complexity index is 470. The van der Waals surface area contributed by atoms with Crippen LogP contribution in [0.3, 0.4) is 0 Å². The SMILES string of the molecule is COC(=O)c1c(C)cccc1COC1CCC[C@H](O)C1. The third-order valence-electron chi connectivity index (χ3n) is 3.82. The minimum atomic E-state index is -0.328. The number of hydrogen-bond acceptors (Lipinski definition) is 4. The minimum Gasteiger partial charge on any atom is -0.465 e. The van der Waals surface area contributed by atoms with E-state index in [1.165, 1.54) is 7.11 Å². The molecular formula is C16H22O4. The van der Waals surface area contributed by atoms with E-state index in [-0.39, 0.29) is 18.2 Å². The largest absolute Gasteiger partial charge is 0.465 e. The monoisotopic (exact) mass is 278 g/mol. The first-order chi connectivity index (χ1) is 9.61. The fourth-order valence-electron chi connectivity index (χ4n) is 2.72. The second-order valence-corrected chi connectivity index (χ2v) is 5.35. The molecule has 1 aliphatic rings. The summed E-state index contributed by atoms with van der Waals surface area (Å²) in [6, 6.07) is 5.69. The Morgan fingerprint density at radius 3 is 2.90 bits per heavy atom. The van der Waals surface area contributed by atoms with Crippen LogP contribution < -0.4 is 0 Å². The summed E-state index contributed by atoms with van der Waals surface area (Å²) in [6.45, 7) is 2.27. The van der Waals surface area contributed by atoms with Gasteiger partial charge in [-0.05, 0) is 43.7 Å². The summed E-state index contributed by atoms with van der Waals surface area (Å²) in [6.07, 6.45) is 3.31. The number of hydrogen-bond donors (Lipinski definition) is 1. The van der Waals surface area contributed by atoms with Gasteiger partial charge in [-0.25, -0.2) is 4.79 Å². The summed E-state index contributed by atoms with van der Waals surface area (Å²) >= 11 is 0. The van der Waals surface area contributed by atoms with Gasteiger partial charge in [0.25, 0.3) is 0 Å². The zero-order valence-corrected chi connectivity index (χ0v) is 12.1. The van der Waals surface area contributed by atoms with Gasteiger partial charge in [-0.15, -0.1) is 0 Å². The second-order valence-electron chi connectivity index (χ2n) is 5.35. The third kappa shape index (κ3) is 3.58. The van der Waals surface area contributed by atoms with Gasteiger partial charge in [0.05, 0.1) is 31.5 Å². The Hall–Kier alpha value is -1.39. The number of methoxy groups -OCH3 is 1. The predicted octanol–water partition coefficient (Wildman–Crippen LogP) is 2.60. The maximum absolute atomic E-state index is 11.8. The van der Waals surface area contributed by atoms with Gasteiger partial charge in [-0.3, -0.25) is 0 Å². The molecule has 4 nitrogen and oxygen atoms in total. The molecule has 0 aromatic heterocycles. The number of rotatable bonds is 4. The molecule has 1 fully saturated rings. The van der Waals surface area contributed by atoms with Crippen LogP contribution in [0, 0.1) is 6.92 Å². The first-order valence-corrected chi connectivity index (χ1v) is 7.08. The van der Waals surface area contributed by atoms with Crippen LogP contribution in [0.5, 0.6) is 0 Å². The van der Waals surface area contributed by atoms with Crippen LogP contribution in [-0.2, 0) is 16.1 Å². The molecule has 4 heteroatoms. The average Bonchev–Trinajstić information content (AvgIpc) is 2.44. The zero-order chi connectivity index (χ0) is 14.5. The van der Waals surface area contributed by atoms with Crippen LogP contribution >= 0.6 is 0 Å². The molecule has 1 N–H and O–H groups in total. The maximum atomic E-state index is 11.8. The number of carbonyl (C=O) groups excluding carboxylic acids is 1. The Kier molecular flexibility index (Phi) is 5.15. The van der Waals surface area contributed by atoms with Crippen LogP contribution in [0.25, 0.3) is 0 Å². The minimum absolute atomic E-state index is 0.0739. The molecule has 1 aliphatic carbocycles. The van der Waals surface area contributed by atoms with E-state index in [9.17, 15) is 9.90 Å². The summed E-state index contributed by atoms with van der Waals surface area (Å²) in [4.78, 5) is 11.8. The van der Waals surface area contributed by atoms with Gasteiger partial charge < -0.3 is 14.6 Å². The van der Waals surface area contributed by atoms with E-state index in [0.717, 1.165) is 30.4 Å². The third-order valence-corrected chi connectivity index (χ3v) is 3.82. The van der Waals surface area contributed by atoms with E-state index in [1.807, 2.05) is 25.1 Å². The van der Waals surface area contributed by atoms with Gasteiger partial charge >= 0.3 is 5.97 Å². The fourth-order valence-corrected chi connectivity index (χ4v) is 2.72. The molecule has 0 saturated heterocycles. The van der Waals surface area contributed by atoms with Crippen molar-refractivity contribution in [3.63, 3.8) is 0 Å². The lowest BCUT2D eigenvalue weighted by molar-refractivity contribution is -0.0232. The van der Waals surface area contributed by atoms with Crippen molar-refractivity contribution >= 4 is 5.97 Å². The fraction of sp³-hybridized carbons (Fsp3) is 0.562. The van der Waals surface area contributed by atoms with E-state index in [0.29, 0.717) is 18.6 Å². The van der Waals surface area contributed by atoms with Crippen molar-refractivity contribution in [2.75, 3.05) is 7.11 Å². The van der Waals surface area contributed by atoms with Crippen LogP contribution in [0.2, 0.25) is 0 Å². The van der Waals surface area contributed by atoms with E-state index in [2.05, 4.69) is 0 Å². The Morgan fingerprint density at radius 1 is 1.40 bits per heavy atom. The van der Waals surface area contributed by atoms with Crippen molar-refractivity contribution in [3.05, 3.63) is 34.9 Å². The molecule has 1 unspecified atom stereocenters. The standard InChI is InChI=1S/C16H22O4/c1-11-5-3-6-12(15(11)16(18)19-2)10-20-14-8-4-7-13(17)9-14/h3,5-6,13-14,17H,4,7-10H2,1-2H3/t13-,14?/m0/s1. The Labute approximate surface area is 119 Å². The first-order valence-electron chi connectivity index (χ1n) is 7.08. The molecule has 0 spiro atoms. The topological polar surface area (TPSA) is 55.8 Å². The average molecular weight is 278 g/mol. The van der Waals surface area contributed by atoms with Crippen LogP contribution in [-0.4, -0.2) is 30.4 Å². The van der Waals surface area contributed by atoms with Crippen molar-refractivity contribution in [2.45, 2.75) is 51.4 Å². The van der Waals surface area contributed by atoms with Crippen LogP contribution in [0.15, 0.2) is 18.2 Å². The Balaban J connectivity index is 2.05. The van der Waals surface area contributed by atoms with E-state index >= 15 is 0 Å².